The Hall–Kier alpha value is -2.33. The third-order valence-corrected chi connectivity index (χ3v) is 5.54. The Kier molecular flexibility index (Phi) is 6.88. The lowest BCUT2D eigenvalue weighted by molar-refractivity contribution is -0.126. The summed E-state index contributed by atoms with van der Waals surface area (Å²) in [5.41, 5.74) is 2.47. The van der Waals surface area contributed by atoms with E-state index in [9.17, 15) is 4.79 Å². The number of ether oxygens (including phenoxy) is 1. The van der Waals surface area contributed by atoms with Crippen molar-refractivity contribution in [3.05, 3.63) is 65.7 Å². The van der Waals surface area contributed by atoms with Gasteiger partial charge in [0.05, 0.1) is 13.2 Å². The van der Waals surface area contributed by atoms with Crippen LogP contribution in [0.15, 0.2) is 54.6 Å². The topological polar surface area (TPSA) is 41.6 Å². The van der Waals surface area contributed by atoms with Gasteiger partial charge in [-0.25, -0.2) is 0 Å². The minimum atomic E-state index is -0.0896. The molecule has 0 aromatic heterocycles. The van der Waals surface area contributed by atoms with Crippen molar-refractivity contribution in [1.29, 1.82) is 0 Å². The van der Waals surface area contributed by atoms with Gasteiger partial charge in [-0.2, -0.15) is 0 Å². The first-order valence-electron chi connectivity index (χ1n) is 9.84. The minimum Gasteiger partial charge on any atom is -0.497 e. The molecule has 3 rings (SSSR count). The average Bonchev–Trinajstić information content (AvgIpc) is 2.73. The van der Waals surface area contributed by atoms with Crippen LogP contribution in [0.3, 0.4) is 0 Å². The van der Waals surface area contributed by atoms with Gasteiger partial charge in [0, 0.05) is 6.54 Å². The molecule has 1 fully saturated rings. The van der Waals surface area contributed by atoms with Gasteiger partial charge in [0.2, 0.25) is 5.91 Å². The van der Waals surface area contributed by atoms with Crippen LogP contribution in [-0.2, 0) is 17.8 Å². The molecule has 0 spiro atoms. The maximum atomic E-state index is 12.6. The number of methoxy groups -OCH3 is 1. The van der Waals surface area contributed by atoms with Crippen LogP contribution in [-0.4, -0.2) is 37.0 Å². The van der Waals surface area contributed by atoms with E-state index in [4.69, 9.17) is 4.74 Å². The number of carbonyl (C=O) groups is 1. The van der Waals surface area contributed by atoms with E-state index in [0.717, 1.165) is 49.6 Å². The van der Waals surface area contributed by atoms with E-state index in [2.05, 4.69) is 40.5 Å². The number of hydrogen-bond acceptors (Lipinski definition) is 3. The van der Waals surface area contributed by atoms with Crippen LogP contribution >= 0.6 is 0 Å². The molecule has 1 N–H and O–H groups in total. The maximum absolute atomic E-state index is 12.6. The van der Waals surface area contributed by atoms with E-state index in [0.29, 0.717) is 6.54 Å². The van der Waals surface area contributed by atoms with Gasteiger partial charge in [-0.3, -0.25) is 9.69 Å². The lowest BCUT2D eigenvalue weighted by Crippen LogP contribution is -2.48. The molecule has 2 aromatic carbocycles. The zero-order chi connectivity index (χ0) is 19.1. The number of carbonyl (C=O) groups excluding carboxylic acids is 1. The highest BCUT2D eigenvalue weighted by atomic mass is 16.5. The van der Waals surface area contributed by atoms with Crippen molar-refractivity contribution in [2.75, 3.05) is 20.2 Å². The van der Waals surface area contributed by atoms with Crippen molar-refractivity contribution in [2.24, 2.45) is 5.92 Å². The molecule has 1 heterocycles. The molecule has 0 bridgehead atoms. The van der Waals surface area contributed by atoms with Crippen molar-refractivity contribution in [3.8, 4) is 5.75 Å². The fourth-order valence-corrected chi connectivity index (χ4v) is 3.78. The maximum Gasteiger partial charge on any atom is 0.237 e. The molecule has 4 heteroatoms. The highest BCUT2D eigenvalue weighted by Crippen LogP contribution is 2.23. The van der Waals surface area contributed by atoms with Gasteiger partial charge in [0.25, 0.3) is 0 Å². The number of rotatable bonds is 7. The van der Waals surface area contributed by atoms with Gasteiger partial charge in [-0.15, -0.1) is 0 Å². The molecule has 1 saturated heterocycles. The summed E-state index contributed by atoms with van der Waals surface area (Å²) in [4.78, 5) is 14.9. The number of benzene rings is 2. The zero-order valence-electron chi connectivity index (χ0n) is 16.4. The highest BCUT2D eigenvalue weighted by Gasteiger charge is 2.26. The molecular formula is C23H30N2O2. The first-order valence-corrected chi connectivity index (χ1v) is 9.84. The Morgan fingerprint density at radius 2 is 1.81 bits per heavy atom. The molecule has 1 atom stereocenters. The lowest BCUT2D eigenvalue weighted by Gasteiger charge is -2.35. The quantitative estimate of drug-likeness (QED) is 0.813. The summed E-state index contributed by atoms with van der Waals surface area (Å²) in [6, 6.07) is 18.4. The van der Waals surface area contributed by atoms with Gasteiger partial charge in [-0.1, -0.05) is 42.5 Å². The molecular weight excluding hydrogens is 336 g/mol. The molecule has 27 heavy (non-hydrogen) atoms. The van der Waals surface area contributed by atoms with Crippen molar-refractivity contribution in [1.82, 2.24) is 10.2 Å². The standard InChI is InChI=1S/C23H30N2O2/c1-18(23(26)24-17-21-9-6-10-22(16-21)27-2)25-13-11-20(12-14-25)15-19-7-4-3-5-8-19/h3-10,16,18,20H,11-15,17H2,1-2H3,(H,24,26). The summed E-state index contributed by atoms with van der Waals surface area (Å²) >= 11 is 0. The Labute approximate surface area is 162 Å². The Balaban J connectivity index is 1.44. The Bertz CT molecular complexity index is 724. The van der Waals surface area contributed by atoms with Crippen molar-refractivity contribution in [2.45, 2.75) is 38.8 Å². The molecule has 144 valence electrons. The monoisotopic (exact) mass is 366 g/mol. The van der Waals surface area contributed by atoms with E-state index >= 15 is 0 Å². The first-order chi connectivity index (χ1) is 13.2. The van der Waals surface area contributed by atoms with Gasteiger partial charge < -0.3 is 10.1 Å². The van der Waals surface area contributed by atoms with E-state index < -0.39 is 0 Å². The summed E-state index contributed by atoms with van der Waals surface area (Å²) in [5, 5.41) is 3.06. The van der Waals surface area contributed by atoms with Gasteiger partial charge in [-0.05, 0) is 68.5 Å². The van der Waals surface area contributed by atoms with E-state index in [1.54, 1.807) is 7.11 Å². The second-order valence-corrected chi connectivity index (χ2v) is 7.41. The number of likely N-dealkylation sites (tertiary alicyclic amines) is 1. The van der Waals surface area contributed by atoms with Crippen LogP contribution in [0.2, 0.25) is 0 Å². The fourth-order valence-electron chi connectivity index (χ4n) is 3.78. The van der Waals surface area contributed by atoms with E-state index in [-0.39, 0.29) is 11.9 Å². The predicted octanol–water partition coefficient (Wildman–Crippen LogP) is 3.65. The summed E-state index contributed by atoms with van der Waals surface area (Å²) in [5.74, 6) is 1.63. The lowest BCUT2D eigenvalue weighted by atomic mass is 9.89. The minimum absolute atomic E-state index is 0.0896. The second-order valence-electron chi connectivity index (χ2n) is 7.41. The molecule has 1 unspecified atom stereocenters. The number of amides is 1. The first kappa shape index (κ1) is 19.4. The van der Waals surface area contributed by atoms with Gasteiger partial charge in [0.1, 0.15) is 5.75 Å². The fraction of sp³-hybridized carbons (Fsp3) is 0.435. The van der Waals surface area contributed by atoms with Crippen molar-refractivity contribution < 1.29 is 9.53 Å². The van der Waals surface area contributed by atoms with Crippen molar-refractivity contribution in [3.63, 3.8) is 0 Å². The molecule has 0 saturated carbocycles. The normalized spacial score (nSPS) is 16.7. The van der Waals surface area contributed by atoms with Crippen LogP contribution in [0.4, 0.5) is 0 Å². The third kappa shape index (κ3) is 5.57. The average molecular weight is 367 g/mol. The van der Waals surface area contributed by atoms with Crippen LogP contribution < -0.4 is 10.1 Å². The molecule has 0 aliphatic carbocycles. The van der Waals surface area contributed by atoms with Crippen LogP contribution in [0.25, 0.3) is 0 Å². The predicted molar refractivity (Wildman–Crippen MR) is 109 cm³/mol. The summed E-state index contributed by atoms with van der Waals surface area (Å²) in [6.45, 7) is 4.53. The molecule has 1 aliphatic heterocycles. The number of piperidine rings is 1. The molecule has 1 aliphatic rings. The molecule has 4 nitrogen and oxygen atoms in total. The zero-order valence-corrected chi connectivity index (χ0v) is 16.4. The number of nitrogens with zero attached hydrogens (tertiary/aromatic N) is 1. The SMILES string of the molecule is COc1cccc(CNC(=O)C(C)N2CCC(Cc3ccccc3)CC2)c1. The van der Waals surface area contributed by atoms with Crippen LogP contribution in [0, 0.1) is 5.92 Å². The smallest absolute Gasteiger partial charge is 0.237 e. The molecule has 0 radical (unpaired) electrons. The van der Waals surface area contributed by atoms with Crippen LogP contribution in [0.1, 0.15) is 30.9 Å². The molecule has 2 aromatic rings. The largest absolute Gasteiger partial charge is 0.497 e. The summed E-state index contributed by atoms with van der Waals surface area (Å²) in [7, 11) is 1.65. The van der Waals surface area contributed by atoms with Crippen LogP contribution in [0.5, 0.6) is 5.75 Å². The number of hydrogen-bond donors (Lipinski definition) is 1. The van der Waals surface area contributed by atoms with Gasteiger partial charge in [0.15, 0.2) is 0 Å². The second kappa shape index (κ2) is 9.56. The highest BCUT2D eigenvalue weighted by molar-refractivity contribution is 5.81. The van der Waals surface area contributed by atoms with Crippen molar-refractivity contribution >= 4 is 5.91 Å². The molecule has 1 amide bonds. The summed E-state index contributed by atoms with van der Waals surface area (Å²) in [6.07, 6.45) is 3.45. The van der Waals surface area contributed by atoms with Gasteiger partial charge >= 0.3 is 0 Å². The Morgan fingerprint density at radius 3 is 2.52 bits per heavy atom. The summed E-state index contributed by atoms with van der Waals surface area (Å²) < 4.78 is 5.24. The number of nitrogens with one attached hydrogen (secondary N) is 1. The third-order valence-electron chi connectivity index (χ3n) is 5.54. The van der Waals surface area contributed by atoms with E-state index in [1.165, 1.54) is 5.56 Å². The van der Waals surface area contributed by atoms with E-state index in [1.807, 2.05) is 31.2 Å². The Morgan fingerprint density at radius 1 is 1.11 bits per heavy atom.